The Balaban J connectivity index is 1.61. The van der Waals surface area contributed by atoms with Crippen LogP contribution in [0.1, 0.15) is 21.7 Å². The van der Waals surface area contributed by atoms with Crippen LogP contribution in [0.3, 0.4) is 0 Å². The van der Waals surface area contributed by atoms with E-state index in [4.69, 9.17) is 5.26 Å². The van der Waals surface area contributed by atoms with Gasteiger partial charge in [0.2, 0.25) is 0 Å². The number of hydrogen-bond acceptors (Lipinski definition) is 4. The molecule has 130 valence electrons. The first kappa shape index (κ1) is 16.1. The summed E-state index contributed by atoms with van der Waals surface area (Å²) in [7, 11) is 0. The van der Waals surface area contributed by atoms with Gasteiger partial charge in [0.1, 0.15) is 5.82 Å². The zero-order valence-electron chi connectivity index (χ0n) is 14.2. The molecule has 3 aromatic rings. The van der Waals surface area contributed by atoms with E-state index in [1.165, 1.54) is 0 Å². The molecule has 0 saturated carbocycles. The molecule has 0 bridgehead atoms. The van der Waals surface area contributed by atoms with Crippen LogP contribution in [0.15, 0.2) is 55.1 Å². The summed E-state index contributed by atoms with van der Waals surface area (Å²) in [4.78, 5) is 19.3. The summed E-state index contributed by atoms with van der Waals surface area (Å²) < 4.78 is 4.00. The largest absolute Gasteiger partial charge is 0.333 e. The van der Waals surface area contributed by atoms with Crippen molar-refractivity contribution < 1.29 is 4.79 Å². The monoisotopic (exact) mass is 346 g/mol. The lowest BCUT2D eigenvalue weighted by atomic mass is 10.1. The van der Waals surface area contributed by atoms with Crippen molar-refractivity contribution in [2.24, 2.45) is 5.92 Å². The minimum absolute atomic E-state index is 0.0796. The summed E-state index contributed by atoms with van der Waals surface area (Å²) in [6, 6.07) is 10.8. The SMILES string of the molecule is N#Cc1cccc(C(=O)N2Cc3nccn3C[C@H](Cn3cccn3)C2)c1. The molecule has 1 amide bonds. The first-order valence-electron chi connectivity index (χ1n) is 8.50. The number of rotatable bonds is 3. The Hall–Kier alpha value is -3.40. The molecule has 1 atom stereocenters. The number of imidazole rings is 1. The molecule has 0 aliphatic carbocycles. The normalized spacial score (nSPS) is 16.6. The van der Waals surface area contributed by atoms with Gasteiger partial charge in [-0.05, 0) is 24.3 Å². The molecule has 0 N–H and O–H groups in total. The third kappa shape index (κ3) is 3.22. The van der Waals surface area contributed by atoms with Gasteiger partial charge in [-0.2, -0.15) is 10.4 Å². The molecule has 1 aliphatic rings. The Morgan fingerprint density at radius 3 is 2.96 bits per heavy atom. The summed E-state index contributed by atoms with van der Waals surface area (Å²) in [5.41, 5.74) is 1.02. The lowest BCUT2D eigenvalue weighted by Gasteiger charge is -2.24. The maximum absolute atomic E-state index is 13.1. The molecule has 7 heteroatoms. The van der Waals surface area contributed by atoms with E-state index in [1.807, 2.05) is 28.0 Å². The molecule has 1 aliphatic heterocycles. The van der Waals surface area contributed by atoms with Gasteiger partial charge in [-0.15, -0.1) is 0 Å². The number of nitriles is 1. The molecule has 0 saturated heterocycles. The van der Waals surface area contributed by atoms with Crippen LogP contribution in [-0.2, 0) is 19.6 Å². The van der Waals surface area contributed by atoms with E-state index in [-0.39, 0.29) is 11.8 Å². The summed E-state index contributed by atoms with van der Waals surface area (Å²) in [6.45, 7) is 2.58. The lowest BCUT2D eigenvalue weighted by molar-refractivity contribution is 0.0712. The van der Waals surface area contributed by atoms with Gasteiger partial charge < -0.3 is 9.47 Å². The number of fused-ring (bicyclic) bond motifs is 1. The molecule has 26 heavy (non-hydrogen) atoms. The van der Waals surface area contributed by atoms with Crippen molar-refractivity contribution in [2.75, 3.05) is 6.54 Å². The van der Waals surface area contributed by atoms with Crippen LogP contribution in [0.2, 0.25) is 0 Å². The summed E-state index contributed by atoms with van der Waals surface area (Å²) >= 11 is 0. The van der Waals surface area contributed by atoms with Crippen LogP contribution in [0.4, 0.5) is 0 Å². The Morgan fingerprint density at radius 2 is 2.15 bits per heavy atom. The van der Waals surface area contributed by atoms with E-state index < -0.39 is 0 Å². The number of amides is 1. The number of benzene rings is 1. The molecule has 1 aromatic carbocycles. The van der Waals surface area contributed by atoms with Crippen LogP contribution >= 0.6 is 0 Å². The molecular weight excluding hydrogens is 328 g/mol. The quantitative estimate of drug-likeness (QED) is 0.726. The van der Waals surface area contributed by atoms with E-state index in [0.717, 1.165) is 18.9 Å². The van der Waals surface area contributed by atoms with Crippen molar-refractivity contribution in [2.45, 2.75) is 19.6 Å². The van der Waals surface area contributed by atoms with E-state index in [1.54, 1.807) is 36.7 Å². The molecule has 0 radical (unpaired) electrons. The van der Waals surface area contributed by atoms with Crippen LogP contribution in [0.25, 0.3) is 0 Å². The van der Waals surface area contributed by atoms with Gasteiger partial charge in [0, 0.05) is 55.9 Å². The third-order valence-electron chi connectivity index (χ3n) is 4.60. The Bertz CT molecular complexity index is 953. The number of nitrogens with zero attached hydrogens (tertiary/aromatic N) is 6. The van der Waals surface area contributed by atoms with Crippen molar-refractivity contribution in [3.63, 3.8) is 0 Å². The van der Waals surface area contributed by atoms with Gasteiger partial charge in [-0.1, -0.05) is 6.07 Å². The number of aromatic nitrogens is 4. The third-order valence-corrected chi connectivity index (χ3v) is 4.60. The summed E-state index contributed by atoms with van der Waals surface area (Å²) in [5, 5.41) is 13.4. The predicted octanol–water partition coefficient (Wildman–Crippen LogP) is 1.92. The fourth-order valence-electron chi connectivity index (χ4n) is 3.39. The average molecular weight is 346 g/mol. The first-order valence-corrected chi connectivity index (χ1v) is 8.50. The highest BCUT2D eigenvalue weighted by atomic mass is 16.2. The van der Waals surface area contributed by atoms with Crippen molar-refractivity contribution in [1.29, 1.82) is 5.26 Å². The smallest absolute Gasteiger partial charge is 0.254 e. The second-order valence-electron chi connectivity index (χ2n) is 6.47. The maximum atomic E-state index is 13.1. The fraction of sp³-hybridized carbons (Fsp3) is 0.263. The second kappa shape index (κ2) is 6.84. The number of carbonyl (C=O) groups excluding carboxylic acids is 1. The zero-order valence-corrected chi connectivity index (χ0v) is 14.2. The molecule has 2 aromatic heterocycles. The van der Waals surface area contributed by atoms with E-state index in [9.17, 15) is 4.79 Å². The standard InChI is InChI=1S/C19H18N6O/c20-10-15-3-1-4-17(9-15)19(26)24-12-16(13-25-7-2-5-22-25)11-23-8-6-21-18(23)14-24/h1-9,16H,11-14H2/t16-/m0/s1. The van der Waals surface area contributed by atoms with Crippen molar-refractivity contribution in [3.8, 4) is 6.07 Å². The second-order valence-corrected chi connectivity index (χ2v) is 6.47. The highest BCUT2D eigenvalue weighted by molar-refractivity contribution is 5.94. The maximum Gasteiger partial charge on any atom is 0.254 e. The van der Waals surface area contributed by atoms with Gasteiger partial charge in [0.05, 0.1) is 18.2 Å². The molecule has 0 spiro atoms. The molecular formula is C19H18N6O. The van der Waals surface area contributed by atoms with E-state index in [2.05, 4.69) is 20.7 Å². The molecule has 4 rings (SSSR count). The lowest BCUT2D eigenvalue weighted by Crippen LogP contribution is -2.35. The fourth-order valence-corrected chi connectivity index (χ4v) is 3.39. The van der Waals surface area contributed by atoms with Gasteiger partial charge in [0.25, 0.3) is 5.91 Å². The molecule has 3 heterocycles. The van der Waals surface area contributed by atoms with Crippen molar-refractivity contribution in [1.82, 2.24) is 24.2 Å². The summed E-state index contributed by atoms with van der Waals surface area (Å²) in [6.07, 6.45) is 7.41. The highest BCUT2D eigenvalue weighted by Crippen LogP contribution is 2.19. The van der Waals surface area contributed by atoms with Crippen LogP contribution < -0.4 is 0 Å². The van der Waals surface area contributed by atoms with E-state index in [0.29, 0.717) is 24.2 Å². The minimum atomic E-state index is -0.0796. The van der Waals surface area contributed by atoms with Gasteiger partial charge in [-0.25, -0.2) is 4.98 Å². The summed E-state index contributed by atoms with van der Waals surface area (Å²) in [5.74, 6) is 1.01. The van der Waals surface area contributed by atoms with Gasteiger partial charge in [-0.3, -0.25) is 9.48 Å². The van der Waals surface area contributed by atoms with Gasteiger partial charge in [0.15, 0.2) is 0 Å². The highest BCUT2D eigenvalue weighted by Gasteiger charge is 2.26. The van der Waals surface area contributed by atoms with Crippen molar-refractivity contribution in [3.05, 3.63) is 72.1 Å². The van der Waals surface area contributed by atoms with Crippen LogP contribution in [0, 0.1) is 17.2 Å². The Kier molecular flexibility index (Phi) is 4.23. The topological polar surface area (TPSA) is 79.7 Å². The Morgan fingerprint density at radius 1 is 1.23 bits per heavy atom. The molecule has 0 fully saturated rings. The number of carbonyl (C=O) groups is 1. The van der Waals surface area contributed by atoms with Crippen LogP contribution in [0.5, 0.6) is 0 Å². The molecule has 7 nitrogen and oxygen atoms in total. The van der Waals surface area contributed by atoms with Crippen LogP contribution in [-0.4, -0.2) is 36.7 Å². The van der Waals surface area contributed by atoms with E-state index >= 15 is 0 Å². The zero-order chi connectivity index (χ0) is 17.9. The van der Waals surface area contributed by atoms with Crippen molar-refractivity contribution >= 4 is 5.91 Å². The number of hydrogen-bond donors (Lipinski definition) is 0. The first-order chi connectivity index (χ1) is 12.7. The minimum Gasteiger partial charge on any atom is -0.333 e. The average Bonchev–Trinajstić information content (AvgIpc) is 3.30. The molecule has 0 unspecified atom stereocenters. The van der Waals surface area contributed by atoms with Gasteiger partial charge >= 0.3 is 0 Å². The predicted molar refractivity (Wildman–Crippen MR) is 93.8 cm³/mol. The Labute approximate surface area is 151 Å².